The van der Waals surface area contributed by atoms with E-state index < -0.39 is 0 Å². The standard InChI is InChI=1S/C18H18O/c1-3-9-15(10-4-1)18(16-11-5-2-6-12-16)17-13-7-8-14-19-17/h1-7,9-13,17-18H,8,14H2. The molecule has 1 heterocycles. The Kier molecular flexibility index (Phi) is 3.75. The van der Waals surface area contributed by atoms with E-state index in [1.54, 1.807) is 0 Å². The molecule has 2 aromatic rings. The van der Waals surface area contributed by atoms with Crippen LogP contribution in [0.1, 0.15) is 23.5 Å². The highest BCUT2D eigenvalue weighted by Crippen LogP contribution is 2.31. The van der Waals surface area contributed by atoms with Crippen LogP contribution in [0.2, 0.25) is 0 Å². The van der Waals surface area contributed by atoms with E-state index in [4.69, 9.17) is 4.74 Å². The fraction of sp³-hybridized carbons (Fsp3) is 0.222. The fourth-order valence-corrected chi connectivity index (χ4v) is 2.66. The van der Waals surface area contributed by atoms with Crippen molar-refractivity contribution in [2.75, 3.05) is 6.61 Å². The molecule has 1 atom stereocenters. The molecule has 19 heavy (non-hydrogen) atoms. The van der Waals surface area contributed by atoms with Gasteiger partial charge in [0.25, 0.3) is 0 Å². The molecule has 0 saturated carbocycles. The molecule has 0 spiro atoms. The van der Waals surface area contributed by atoms with Crippen LogP contribution in [-0.2, 0) is 4.74 Å². The second-order valence-corrected chi connectivity index (χ2v) is 4.85. The molecule has 0 radical (unpaired) electrons. The molecule has 0 N–H and O–H groups in total. The Labute approximate surface area is 114 Å². The van der Waals surface area contributed by atoms with Crippen molar-refractivity contribution in [3.05, 3.63) is 83.9 Å². The summed E-state index contributed by atoms with van der Waals surface area (Å²) in [5, 5.41) is 0. The third kappa shape index (κ3) is 2.77. The third-order valence-electron chi connectivity index (χ3n) is 3.57. The zero-order valence-electron chi connectivity index (χ0n) is 10.9. The van der Waals surface area contributed by atoms with Crippen LogP contribution in [0.5, 0.6) is 0 Å². The number of hydrogen-bond acceptors (Lipinski definition) is 1. The highest BCUT2D eigenvalue weighted by molar-refractivity contribution is 5.35. The Morgan fingerprint density at radius 2 is 1.42 bits per heavy atom. The summed E-state index contributed by atoms with van der Waals surface area (Å²) in [5.74, 6) is 0.277. The van der Waals surface area contributed by atoms with Crippen LogP contribution in [0.25, 0.3) is 0 Å². The van der Waals surface area contributed by atoms with E-state index in [9.17, 15) is 0 Å². The van der Waals surface area contributed by atoms with Crippen molar-refractivity contribution in [3.8, 4) is 0 Å². The molecule has 0 aliphatic carbocycles. The minimum Gasteiger partial charge on any atom is -0.373 e. The summed E-state index contributed by atoms with van der Waals surface area (Å²) >= 11 is 0. The predicted octanol–water partition coefficient (Wildman–Crippen LogP) is 4.16. The van der Waals surface area contributed by atoms with Gasteiger partial charge >= 0.3 is 0 Å². The smallest absolute Gasteiger partial charge is 0.0865 e. The maximum Gasteiger partial charge on any atom is 0.0865 e. The zero-order chi connectivity index (χ0) is 12.9. The minimum absolute atomic E-state index is 0.138. The summed E-state index contributed by atoms with van der Waals surface area (Å²) in [7, 11) is 0. The molecule has 0 amide bonds. The monoisotopic (exact) mass is 250 g/mol. The van der Waals surface area contributed by atoms with Crippen molar-refractivity contribution in [1.82, 2.24) is 0 Å². The van der Waals surface area contributed by atoms with E-state index >= 15 is 0 Å². The van der Waals surface area contributed by atoms with Gasteiger partial charge in [-0.2, -0.15) is 0 Å². The molecule has 0 fully saturated rings. The molecule has 0 saturated heterocycles. The van der Waals surface area contributed by atoms with Crippen molar-refractivity contribution < 1.29 is 4.74 Å². The average Bonchev–Trinajstić information content (AvgIpc) is 2.51. The van der Waals surface area contributed by atoms with Crippen molar-refractivity contribution in [3.63, 3.8) is 0 Å². The van der Waals surface area contributed by atoms with Crippen LogP contribution >= 0.6 is 0 Å². The van der Waals surface area contributed by atoms with E-state index in [1.807, 2.05) is 0 Å². The van der Waals surface area contributed by atoms with Gasteiger partial charge in [-0.15, -0.1) is 0 Å². The predicted molar refractivity (Wildman–Crippen MR) is 78.2 cm³/mol. The van der Waals surface area contributed by atoms with Gasteiger partial charge in [0.15, 0.2) is 0 Å². The van der Waals surface area contributed by atoms with Gasteiger partial charge in [0, 0.05) is 5.92 Å². The zero-order valence-corrected chi connectivity index (χ0v) is 10.9. The molecule has 0 aromatic heterocycles. The van der Waals surface area contributed by atoms with Crippen LogP contribution in [0.3, 0.4) is 0 Å². The minimum atomic E-state index is 0.138. The number of hydrogen-bond donors (Lipinski definition) is 0. The van der Waals surface area contributed by atoms with Crippen LogP contribution in [0.4, 0.5) is 0 Å². The molecular weight excluding hydrogens is 232 g/mol. The van der Waals surface area contributed by atoms with Crippen molar-refractivity contribution in [1.29, 1.82) is 0 Å². The van der Waals surface area contributed by atoms with E-state index in [0.29, 0.717) is 0 Å². The normalized spacial score (nSPS) is 18.7. The summed E-state index contributed by atoms with van der Waals surface area (Å²) < 4.78 is 5.96. The topological polar surface area (TPSA) is 9.23 Å². The van der Waals surface area contributed by atoms with Gasteiger partial charge in [-0.1, -0.05) is 72.8 Å². The number of benzene rings is 2. The average molecular weight is 250 g/mol. The SMILES string of the molecule is C1=CC(C(c2ccccc2)c2ccccc2)OCC1. The first-order valence-electron chi connectivity index (χ1n) is 6.83. The lowest BCUT2D eigenvalue weighted by Crippen LogP contribution is -2.24. The summed E-state index contributed by atoms with van der Waals surface area (Å²) in [6.07, 6.45) is 5.59. The lowest BCUT2D eigenvalue weighted by atomic mass is 9.86. The Morgan fingerprint density at radius 1 is 0.842 bits per heavy atom. The summed E-state index contributed by atoms with van der Waals surface area (Å²) in [6, 6.07) is 21.2. The second-order valence-electron chi connectivity index (χ2n) is 4.85. The van der Waals surface area contributed by atoms with Gasteiger partial charge in [-0.05, 0) is 17.5 Å². The molecule has 1 heteroatoms. The van der Waals surface area contributed by atoms with E-state index in [-0.39, 0.29) is 12.0 Å². The van der Waals surface area contributed by atoms with Gasteiger partial charge in [-0.25, -0.2) is 0 Å². The highest BCUT2D eigenvalue weighted by atomic mass is 16.5. The van der Waals surface area contributed by atoms with Crippen LogP contribution in [-0.4, -0.2) is 12.7 Å². The quantitative estimate of drug-likeness (QED) is 0.743. The molecule has 3 rings (SSSR count). The van der Waals surface area contributed by atoms with E-state index in [0.717, 1.165) is 13.0 Å². The first kappa shape index (κ1) is 12.2. The van der Waals surface area contributed by atoms with Crippen molar-refractivity contribution in [2.24, 2.45) is 0 Å². The van der Waals surface area contributed by atoms with Crippen LogP contribution in [0.15, 0.2) is 72.8 Å². The van der Waals surface area contributed by atoms with Gasteiger partial charge in [0.05, 0.1) is 12.7 Å². The first-order chi connectivity index (χ1) is 9.45. The lowest BCUT2D eigenvalue weighted by Gasteiger charge is -2.28. The summed E-state index contributed by atoms with van der Waals surface area (Å²) in [5.41, 5.74) is 2.62. The maximum absolute atomic E-state index is 5.96. The second kappa shape index (κ2) is 5.85. The number of rotatable bonds is 3. The third-order valence-corrected chi connectivity index (χ3v) is 3.57. The molecule has 1 aliphatic rings. The Hall–Kier alpha value is -1.86. The fourth-order valence-electron chi connectivity index (χ4n) is 2.66. The Morgan fingerprint density at radius 3 is 1.89 bits per heavy atom. The van der Waals surface area contributed by atoms with Crippen molar-refractivity contribution >= 4 is 0 Å². The molecular formula is C18H18O. The summed E-state index contributed by atoms with van der Waals surface area (Å²) in [6.45, 7) is 0.817. The molecule has 2 aromatic carbocycles. The Balaban J connectivity index is 2.01. The van der Waals surface area contributed by atoms with Gasteiger partial charge < -0.3 is 4.74 Å². The summed E-state index contributed by atoms with van der Waals surface area (Å²) in [4.78, 5) is 0. The van der Waals surface area contributed by atoms with Crippen LogP contribution in [0, 0.1) is 0 Å². The molecule has 1 aliphatic heterocycles. The van der Waals surface area contributed by atoms with Crippen molar-refractivity contribution in [2.45, 2.75) is 18.4 Å². The molecule has 0 bridgehead atoms. The number of ether oxygens (including phenoxy) is 1. The molecule has 96 valence electrons. The van der Waals surface area contributed by atoms with E-state index in [2.05, 4.69) is 72.8 Å². The van der Waals surface area contributed by atoms with Gasteiger partial charge in [0.1, 0.15) is 0 Å². The van der Waals surface area contributed by atoms with Crippen LogP contribution < -0.4 is 0 Å². The maximum atomic E-state index is 5.96. The largest absolute Gasteiger partial charge is 0.373 e. The first-order valence-corrected chi connectivity index (χ1v) is 6.83. The molecule has 1 nitrogen and oxygen atoms in total. The van der Waals surface area contributed by atoms with Gasteiger partial charge in [0.2, 0.25) is 0 Å². The van der Waals surface area contributed by atoms with Gasteiger partial charge in [-0.3, -0.25) is 0 Å². The van der Waals surface area contributed by atoms with E-state index in [1.165, 1.54) is 11.1 Å². The molecule has 1 unspecified atom stereocenters. The Bertz CT molecular complexity index is 491. The highest BCUT2D eigenvalue weighted by Gasteiger charge is 2.24. The lowest BCUT2D eigenvalue weighted by molar-refractivity contribution is 0.0693.